The van der Waals surface area contributed by atoms with Crippen LogP contribution in [0.2, 0.25) is 0 Å². The van der Waals surface area contributed by atoms with E-state index in [0.717, 1.165) is 45.2 Å². The van der Waals surface area contributed by atoms with Gasteiger partial charge in [-0.2, -0.15) is 0 Å². The highest BCUT2D eigenvalue weighted by atomic mass is 19.1. The molecule has 66 heavy (non-hydrogen) atoms. The zero-order chi connectivity index (χ0) is 48.5. The van der Waals surface area contributed by atoms with Crippen molar-refractivity contribution in [3.05, 3.63) is 143 Å². The molecule has 0 unspecified atom stereocenters. The number of carbonyl (C=O) groups excluding carboxylic acids is 4. The molecule has 0 saturated carbocycles. The van der Waals surface area contributed by atoms with Crippen molar-refractivity contribution in [1.82, 2.24) is 14.7 Å². The van der Waals surface area contributed by atoms with Crippen LogP contribution in [0.3, 0.4) is 0 Å². The minimum absolute atomic E-state index is 0.0112. The van der Waals surface area contributed by atoms with Crippen molar-refractivity contribution in [2.75, 3.05) is 0 Å². The second kappa shape index (κ2) is 22.2. The molecule has 4 aromatic carbocycles. The van der Waals surface area contributed by atoms with Crippen LogP contribution in [0.4, 0.5) is 27.2 Å². The first-order valence-corrected chi connectivity index (χ1v) is 21.9. The van der Waals surface area contributed by atoms with E-state index < -0.39 is 94.8 Å². The number of aliphatic hydroxyl groups excluding tert-OH is 2. The van der Waals surface area contributed by atoms with E-state index in [-0.39, 0.29) is 44.1 Å². The molecule has 2 fully saturated rings. The van der Waals surface area contributed by atoms with Crippen LogP contribution >= 0.6 is 0 Å². The lowest BCUT2D eigenvalue weighted by atomic mass is 9.92. The first kappa shape index (κ1) is 51.3. The van der Waals surface area contributed by atoms with E-state index in [1.807, 2.05) is 65.6 Å². The lowest BCUT2D eigenvalue weighted by Gasteiger charge is -2.39. The van der Waals surface area contributed by atoms with Gasteiger partial charge in [0.1, 0.15) is 34.5 Å². The number of nitrogens with two attached hydrogens (primary N) is 1. The highest BCUT2D eigenvalue weighted by Gasteiger charge is 2.46. The summed E-state index contributed by atoms with van der Waals surface area (Å²) >= 11 is 0. The molecule has 0 aromatic heterocycles. The monoisotopic (exact) mass is 920 g/mol. The standard InChI is InChI=1S/C32H36F2N2O4.C18H24F2N2O4/c1-32(2,3)40-31(39)36-27(14-15-29(36)37)30(38)28(18-24-16-25(33)19-26(34)17-24)35(20-22-10-6-4-7-11-22)21-23-12-8-5-9-13-23;1-18(2,3)26-17(25)22-14(4-5-15(22)23)16(24)13(21)8-10-6-11(19)9-12(20)7-10/h4-13,16-17,19,27-28,30,38H,14-15,18,20-21H2,1-3H3;6-7,9,13-14,16,24H,4-5,8,21H2,1-3H3/t27-,28+,30-;13-,14+,16-/m10/s1. The summed E-state index contributed by atoms with van der Waals surface area (Å²) in [5.41, 5.74) is 6.95. The van der Waals surface area contributed by atoms with E-state index in [4.69, 9.17) is 15.2 Å². The normalized spacial score (nSPS) is 18.4. The van der Waals surface area contributed by atoms with Crippen LogP contribution in [0.1, 0.15) is 89.5 Å². The second-order valence-corrected chi connectivity index (χ2v) is 18.8. The minimum atomic E-state index is -1.25. The van der Waals surface area contributed by atoms with Gasteiger partial charge in [-0.1, -0.05) is 60.7 Å². The van der Waals surface area contributed by atoms with Gasteiger partial charge >= 0.3 is 12.2 Å². The van der Waals surface area contributed by atoms with Gasteiger partial charge in [-0.3, -0.25) is 14.5 Å². The summed E-state index contributed by atoms with van der Waals surface area (Å²) in [6, 6.07) is 22.3. The van der Waals surface area contributed by atoms with Gasteiger partial charge in [-0.15, -0.1) is 0 Å². The Hall–Kier alpha value is -5.68. The molecule has 4 N–H and O–H groups in total. The molecule has 2 aliphatic rings. The summed E-state index contributed by atoms with van der Waals surface area (Å²) < 4.78 is 65.8. The minimum Gasteiger partial charge on any atom is -0.443 e. The summed E-state index contributed by atoms with van der Waals surface area (Å²) in [6.07, 6.45) is -3.40. The zero-order valence-electron chi connectivity index (χ0n) is 38.1. The number of hydrogen-bond acceptors (Lipinski definition) is 10. The van der Waals surface area contributed by atoms with Gasteiger partial charge in [0.2, 0.25) is 11.8 Å². The van der Waals surface area contributed by atoms with E-state index in [0.29, 0.717) is 18.7 Å². The molecule has 356 valence electrons. The number of amides is 4. The van der Waals surface area contributed by atoms with Crippen molar-refractivity contribution in [3.63, 3.8) is 0 Å². The summed E-state index contributed by atoms with van der Waals surface area (Å²) in [6.45, 7) is 11.0. The fourth-order valence-corrected chi connectivity index (χ4v) is 8.18. The molecular weight excluding hydrogens is 861 g/mol. The van der Waals surface area contributed by atoms with Crippen molar-refractivity contribution in [2.24, 2.45) is 5.73 Å². The first-order chi connectivity index (χ1) is 31.0. The largest absolute Gasteiger partial charge is 0.443 e. The summed E-state index contributed by atoms with van der Waals surface area (Å²) in [5, 5.41) is 22.5. The van der Waals surface area contributed by atoms with Gasteiger partial charge in [-0.25, -0.2) is 37.0 Å². The molecule has 2 saturated heterocycles. The molecule has 2 heterocycles. The number of carbonyl (C=O) groups is 4. The van der Waals surface area contributed by atoms with Gasteiger partial charge in [0.25, 0.3) is 0 Å². The third kappa shape index (κ3) is 14.7. The van der Waals surface area contributed by atoms with Crippen LogP contribution in [-0.4, -0.2) is 96.5 Å². The molecule has 4 amide bonds. The maximum atomic E-state index is 14.2. The Morgan fingerprint density at radius 1 is 0.621 bits per heavy atom. The van der Waals surface area contributed by atoms with Gasteiger partial charge in [0.15, 0.2) is 0 Å². The molecule has 12 nitrogen and oxygen atoms in total. The molecule has 0 radical (unpaired) electrons. The van der Waals surface area contributed by atoms with Crippen LogP contribution in [0, 0.1) is 23.3 Å². The van der Waals surface area contributed by atoms with Crippen LogP contribution in [0.15, 0.2) is 97.1 Å². The van der Waals surface area contributed by atoms with Crippen molar-refractivity contribution in [1.29, 1.82) is 0 Å². The van der Waals surface area contributed by atoms with Crippen LogP contribution in [-0.2, 0) is 45.0 Å². The third-order valence-corrected chi connectivity index (χ3v) is 11.0. The predicted octanol–water partition coefficient (Wildman–Crippen LogP) is 7.99. The number of ether oxygens (including phenoxy) is 2. The molecule has 6 rings (SSSR count). The first-order valence-electron chi connectivity index (χ1n) is 21.9. The highest BCUT2D eigenvalue weighted by Crippen LogP contribution is 2.31. The van der Waals surface area contributed by atoms with Gasteiger partial charge < -0.3 is 25.4 Å². The van der Waals surface area contributed by atoms with Crippen LogP contribution in [0.25, 0.3) is 0 Å². The molecule has 0 bridgehead atoms. The quantitative estimate of drug-likeness (QED) is 0.112. The van der Waals surface area contributed by atoms with E-state index in [2.05, 4.69) is 0 Å². The molecule has 0 spiro atoms. The molecule has 2 aliphatic heterocycles. The van der Waals surface area contributed by atoms with Crippen LogP contribution < -0.4 is 5.73 Å². The molecule has 6 atom stereocenters. The molecule has 16 heteroatoms. The number of imide groups is 2. The van der Waals surface area contributed by atoms with E-state index >= 15 is 0 Å². The smallest absolute Gasteiger partial charge is 0.417 e. The number of likely N-dealkylation sites (tertiary alicyclic amines) is 2. The number of hydrogen-bond donors (Lipinski definition) is 3. The van der Waals surface area contributed by atoms with Gasteiger partial charge in [0, 0.05) is 50.1 Å². The highest BCUT2D eigenvalue weighted by molar-refractivity contribution is 5.95. The lowest BCUT2D eigenvalue weighted by Crippen LogP contribution is -2.55. The lowest BCUT2D eigenvalue weighted by molar-refractivity contribution is -0.131. The second-order valence-electron chi connectivity index (χ2n) is 18.8. The van der Waals surface area contributed by atoms with E-state index in [1.54, 1.807) is 41.5 Å². The topological polar surface area (TPSA) is 163 Å². The third-order valence-electron chi connectivity index (χ3n) is 11.0. The fraction of sp³-hybridized carbons (Fsp3) is 0.440. The van der Waals surface area contributed by atoms with Crippen LogP contribution in [0.5, 0.6) is 0 Å². The Kier molecular flexibility index (Phi) is 17.3. The van der Waals surface area contributed by atoms with Gasteiger partial charge in [-0.05, 0) is 114 Å². The van der Waals surface area contributed by atoms with Crippen molar-refractivity contribution in [3.8, 4) is 0 Å². The van der Waals surface area contributed by atoms with Crippen molar-refractivity contribution >= 4 is 24.0 Å². The Morgan fingerprint density at radius 3 is 1.36 bits per heavy atom. The Balaban J connectivity index is 0.000000272. The predicted molar refractivity (Wildman–Crippen MR) is 238 cm³/mol. The number of rotatable bonds is 13. The van der Waals surface area contributed by atoms with E-state index in [9.17, 15) is 47.0 Å². The van der Waals surface area contributed by atoms with Crippen molar-refractivity contribution in [2.45, 2.75) is 141 Å². The maximum absolute atomic E-state index is 14.2. The summed E-state index contributed by atoms with van der Waals surface area (Å²) in [5.74, 6) is -3.79. The maximum Gasteiger partial charge on any atom is 0.417 e. The average molecular weight is 921 g/mol. The fourth-order valence-electron chi connectivity index (χ4n) is 8.18. The Labute approximate surface area is 383 Å². The Bertz CT molecular complexity index is 2210. The SMILES string of the molecule is CC(C)(C)OC(=O)N1C(=O)CC[C@@H]1[C@@H](O)[C@@H](N)Cc1cc(F)cc(F)c1.CC(C)(C)OC(=O)N1C(=O)CC[C@@H]1[C@@H](O)[C@H](Cc1cc(F)cc(F)c1)N(Cc1ccccc1)Cc1ccccc1. The summed E-state index contributed by atoms with van der Waals surface area (Å²) in [4.78, 5) is 54.2. The number of benzene rings is 4. The van der Waals surface area contributed by atoms with E-state index in [1.165, 1.54) is 12.1 Å². The number of halogens is 4. The summed E-state index contributed by atoms with van der Waals surface area (Å²) in [7, 11) is 0. The molecule has 0 aliphatic carbocycles. The average Bonchev–Trinajstić information content (AvgIpc) is 3.80. The molecule has 4 aromatic rings. The molecular formula is C50H60F4N4O8. The van der Waals surface area contributed by atoms with Crippen molar-refractivity contribution < 1.29 is 56.4 Å². The number of aliphatic hydroxyl groups is 2. The number of nitrogens with zero attached hydrogens (tertiary/aromatic N) is 3. The zero-order valence-corrected chi connectivity index (χ0v) is 38.1. The Morgan fingerprint density at radius 2 is 0.985 bits per heavy atom. The van der Waals surface area contributed by atoms with Gasteiger partial charge in [0.05, 0.1) is 24.3 Å².